The van der Waals surface area contributed by atoms with Crippen LogP contribution in [-0.2, 0) is 4.79 Å². The van der Waals surface area contributed by atoms with Crippen molar-refractivity contribution in [3.8, 4) is 0 Å². The van der Waals surface area contributed by atoms with Gasteiger partial charge in [-0.25, -0.2) is 4.79 Å². The fraction of sp³-hybridized carbons (Fsp3) is 0.667. The molecule has 0 aromatic rings. The number of hydrogen-bond donors (Lipinski definition) is 4. The number of rotatable bonds is 7. The Kier molecular flexibility index (Phi) is 8.84. The van der Waals surface area contributed by atoms with Crippen LogP contribution in [0, 0.1) is 0 Å². The highest BCUT2D eigenvalue weighted by atomic mass is 79.9. The SMILES string of the molecule is Br.C=C(CCC(NC)(NC)NC)C(=O)O. The highest BCUT2D eigenvalue weighted by molar-refractivity contribution is 8.93. The fourth-order valence-electron chi connectivity index (χ4n) is 1.20. The Hall–Kier alpha value is -0.430. The lowest BCUT2D eigenvalue weighted by molar-refractivity contribution is -0.132. The van der Waals surface area contributed by atoms with E-state index < -0.39 is 11.8 Å². The van der Waals surface area contributed by atoms with Gasteiger partial charge in [0.2, 0.25) is 0 Å². The zero-order valence-corrected chi connectivity index (χ0v) is 11.1. The van der Waals surface area contributed by atoms with Crippen LogP contribution in [0.2, 0.25) is 0 Å². The average Bonchev–Trinajstić information content (AvgIpc) is 2.20. The number of hydrogen-bond acceptors (Lipinski definition) is 4. The van der Waals surface area contributed by atoms with Crippen LogP contribution < -0.4 is 16.0 Å². The zero-order chi connectivity index (χ0) is 11.2. The minimum atomic E-state index is -0.942. The molecule has 0 rings (SSSR count). The van der Waals surface area contributed by atoms with Crippen molar-refractivity contribution in [2.45, 2.75) is 18.6 Å². The van der Waals surface area contributed by atoms with Gasteiger partial charge < -0.3 is 5.11 Å². The molecule has 0 bridgehead atoms. The number of aliphatic carboxylic acids is 1. The summed E-state index contributed by atoms with van der Waals surface area (Å²) in [5.41, 5.74) is 0.218. The first kappa shape index (κ1) is 17.0. The Labute approximate surface area is 101 Å². The molecule has 15 heavy (non-hydrogen) atoms. The Balaban J connectivity index is 0. The van der Waals surface area contributed by atoms with Gasteiger partial charge in [-0.15, -0.1) is 17.0 Å². The summed E-state index contributed by atoms with van der Waals surface area (Å²) in [6.07, 6.45) is 1.04. The summed E-state index contributed by atoms with van der Waals surface area (Å²) in [5.74, 6) is -1.37. The van der Waals surface area contributed by atoms with Crippen LogP contribution in [0.3, 0.4) is 0 Å². The monoisotopic (exact) mass is 281 g/mol. The molecule has 0 fully saturated rings. The van der Waals surface area contributed by atoms with Gasteiger partial charge in [-0.2, -0.15) is 0 Å². The molecule has 0 aromatic heterocycles. The van der Waals surface area contributed by atoms with Crippen LogP contribution in [0.5, 0.6) is 0 Å². The van der Waals surface area contributed by atoms with Crippen LogP contribution in [0.15, 0.2) is 12.2 Å². The van der Waals surface area contributed by atoms with Crippen molar-refractivity contribution in [3.63, 3.8) is 0 Å². The number of halogens is 1. The molecule has 0 spiro atoms. The number of nitrogens with one attached hydrogen (secondary N) is 3. The summed E-state index contributed by atoms with van der Waals surface area (Å²) in [6.45, 7) is 3.48. The lowest BCUT2D eigenvalue weighted by Gasteiger charge is -2.32. The Bertz CT molecular complexity index is 209. The topological polar surface area (TPSA) is 73.4 Å². The first-order valence-corrected chi connectivity index (χ1v) is 4.49. The first-order valence-electron chi connectivity index (χ1n) is 4.49. The van der Waals surface area contributed by atoms with Crippen LogP contribution >= 0.6 is 17.0 Å². The molecule has 6 heteroatoms. The third-order valence-corrected chi connectivity index (χ3v) is 2.38. The molecule has 0 heterocycles. The van der Waals surface area contributed by atoms with Crippen LogP contribution in [0.4, 0.5) is 0 Å². The molecule has 0 saturated heterocycles. The smallest absolute Gasteiger partial charge is 0.330 e. The van der Waals surface area contributed by atoms with Crippen LogP contribution in [0.1, 0.15) is 12.8 Å². The second kappa shape index (κ2) is 7.81. The van der Waals surface area contributed by atoms with Crippen molar-refractivity contribution in [1.29, 1.82) is 0 Å². The molecule has 0 aliphatic rings. The van der Waals surface area contributed by atoms with Crippen molar-refractivity contribution < 1.29 is 9.90 Å². The maximum Gasteiger partial charge on any atom is 0.330 e. The van der Waals surface area contributed by atoms with Gasteiger partial charge in [-0.1, -0.05) is 6.58 Å². The van der Waals surface area contributed by atoms with E-state index >= 15 is 0 Å². The molecule has 0 aliphatic carbocycles. The first-order chi connectivity index (χ1) is 6.51. The van der Waals surface area contributed by atoms with E-state index in [4.69, 9.17) is 5.11 Å². The van der Waals surface area contributed by atoms with E-state index in [9.17, 15) is 4.79 Å². The normalized spacial score (nSPS) is 10.6. The minimum Gasteiger partial charge on any atom is -0.478 e. The van der Waals surface area contributed by atoms with Gasteiger partial charge >= 0.3 is 5.97 Å². The summed E-state index contributed by atoms with van der Waals surface area (Å²) in [6, 6.07) is 0. The van der Waals surface area contributed by atoms with Crippen molar-refractivity contribution in [2.24, 2.45) is 0 Å². The fourth-order valence-corrected chi connectivity index (χ4v) is 1.20. The molecular weight excluding hydrogens is 262 g/mol. The molecule has 0 aliphatic heterocycles. The zero-order valence-electron chi connectivity index (χ0n) is 9.39. The van der Waals surface area contributed by atoms with E-state index in [1.54, 1.807) is 21.1 Å². The third-order valence-electron chi connectivity index (χ3n) is 2.38. The minimum absolute atomic E-state index is 0. The van der Waals surface area contributed by atoms with E-state index in [2.05, 4.69) is 22.5 Å². The van der Waals surface area contributed by atoms with Crippen molar-refractivity contribution in [3.05, 3.63) is 12.2 Å². The maximum atomic E-state index is 10.5. The van der Waals surface area contributed by atoms with Crippen LogP contribution in [-0.4, -0.2) is 38.0 Å². The summed E-state index contributed by atoms with van der Waals surface area (Å²) in [4.78, 5) is 10.5. The van der Waals surface area contributed by atoms with Gasteiger partial charge in [0.25, 0.3) is 0 Å². The third kappa shape index (κ3) is 5.27. The second-order valence-electron chi connectivity index (χ2n) is 3.06. The highest BCUT2D eigenvalue weighted by Crippen LogP contribution is 2.10. The van der Waals surface area contributed by atoms with E-state index in [-0.39, 0.29) is 22.6 Å². The van der Waals surface area contributed by atoms with Gasteiger partial charge in [-0.05, 0) is 34.0 Å². The predicted octanol–water partition coefficient (Wildman–Crippen LogP) is 0.297. The Morgan fingerprint density at radius 3 is 1.93 bits per heavy atom. The number of carboxylic acids is 1. The molecule has 0 unspecified atom stereocenters. The maximum absolute atomic E-state index is 10.5. The Morgan fingerprint density at radius 1 is 1.27 bits per heavy atom. The lowest BCUT2D eigenvalue weighted by atomic mass is 10.1. The molecule has 0 radical (unpaired) electrons. The molecule has 5 nitrogen and oxygen atoms in total. The molecular formula is C9H20BrN3O2. The number of carboxylic acid groups (broad SMARTS) is 1. The lowest BCUT2D eigenvalue weighted by Crippen LogP contribution is -2.63. The van der Waals surface area contributed by atoms with Gasteiger partial charge in [0.05, 0.1) is 0 Å². The standard InChI is InChI=1S/C9H19N3O2.BrH/c1-7(8(13)14)5-6-9(10-2,11-3)12-4;/h10-12H,1,5-6H2,2-4H3,(H,13,14);1H. The van der Waals surface area contributed by atoms with Gasteiger partial charge in [0.1, 0.15) is 5.79 Å². The Morgan fingerprint density at radius 2 is 1.67 bits per heavy atom. The average molecular weight is 282 g/mol. The molecule has 90 valence electrons. The summed E-state index contributed by atoms with van der Waals surface area (Å²) in [7, 11) is 5.41. The molecule has 0 saturated carbocycles. The summed E-state index contributed by atoms with van der Waals surface area (Å²) >= 11 is 0. The van der Waals surface area contributed by atoms with Crippen molar-refractivity contribution >= 4 is 23.0 Å². The van der Waals surface area contributed by atoms with Gasteiger partial charge in [0.15, 0.2) is 0 Å². The molecule has 4 N–H and O–H groups in total. The summed E-state index contributed by atoms with van der Waals surface area (Å²) < 4.78 is 0. The highest BCUT2D eigenvalue weighted by Gasteiger charge is 2.23. The van der Waals surface area contributed by atoms with E-state index in [1.165, 1.54) is 0 Å². The predicted molar refractivity (Wildman–Crippen MR) is 66.2 cm³/mol. The van der Waals surface area contributed by atoms with Crippen molar-refractivity contribution in [1.82, 2.24) is 16.0 Å². The van der Waals surface area contributed by atoms with E-state index in [0.717, 1.165) is 0 Å². The molecule has 0 atom stereocenters. The molecule has 0 amide bonds. The van der Waals surface area contributed by atoms with Crippen molar-refractivity contribution in [2.75, 3.05) is 21.1 Å². The second-order valence-corrected chi connectivity index (χ2v) is 3.06. The van der Waals surface area contributed by atoms with Crippen LogP contribution in [0.25, 0.3) is 0 Å². The largest absolute Gasteiger partial charge is 0.478 e. The number of carbonyl (C=O) groups is 1. The van der Waals surface area contributed by atoms with Gasteiger partial charge in [-0.3, -0.25) is 16.0 Å². The van der Waals surface area contributed by atoms with E-state index in [1.807, 2.05) is 0 Å². The quantitative estimate of drug-likeness (QED) is 0.399. The van der Waals surface area contributed by atoms with Gasteiger partial charge in [0, 0.05) is 5.57 Å². The summed E-state index contributed by atoms with van der Waals surface area (Å²) in [5, 5.41) is 17.8. The van der Waals surface area contributed by atoms with E-state index in [0.29, 0.717) is 12.8 Å². The molecule has 0 aromatic carbocycles.